The predicted molar refractivity (Wildman–Crippen MR) is 140 cm³/mol. The summed E-state index contributed by atoms with van der Waals surface area (Å²) in [6, 6.07) is 5.70. The minimum atomic E-state index is -0.827. The van der Waals surface area contributed by atoms with Crippen molar-refractivity contribution in [1.82, 2.24) is 15.5 Å². The minimum absolute atomic E-state index is 0.0913. The molecule has 0 aromatic heterocycles. The summed E-state index contributed by atoms with van der Waals surface area (Å²) in [5.41, 5.74) is 0.891. The molecule has 0 heterocycles. The Morgan fingerprint density at radius 3 is 2.31 bits per heavy atom. The van der Waals surface area contributed by atoms with Crippen molar-refractivity contribution in [3.05, 3.63) is 42.0 Å². The first-order chi connectivity index (χ1) is 16.3. The molecule has 194 valence electrons. The molecule has 5 unspecified atom stereocenters. The highest BCUT2D eigenvalue weighted by Crippen LogP contribution is 2.41. The zero-order valence-corrected chi connectivity index (χ0v) is 22.6. The highest BCUT2D eigenvalue weighted by atomic mass is 16.6. The normalized spacial score (nSPS) is 19.8. The van der Waals surface area contributed by atoms with E-state index >= 15 is 0 Å². The van der Waals surface area contributed by atoms with Crippen LogP contribution in [-0.4, -0.2) is 46.5 Å². The van der Waals surface area contributed by atoms with Crippen LogP contribution in [0, 0.1) is 11.8 Å². The molecular formula is C28H43N3O4. The van der Waals surface area contributed by atoms with Crippen molar-refractivity contribution in [2.45, 2.75) is 98.0 Å². The van der Waals surface area contributed by atoms with Gasteiger partial charge in [-0.25, -0.2) is 4.79 Å². The topological polar surface area (TPSA) is 87.7 Å². The van der Waals surface area contributed by atoms with Crippen LogP contribution in [0.2, 0.25) is 0 Å². The van der Waals surface area contributed by atoms with Crippen molar-refractivity contribution in [1.29, 1.82) is 0 Å². The Bertz CT molecular complexity index is 921. The fourth-order valence-electron chi connectivity index (χ4n) is 4.11. The molecule has 7 heteroatoms. The summed E-state index contributed by atoms with van der Waals surface area (Å²) in [7, 11) is 0. The number of hydrogen-bond acceptors (Lipinski definition) is 4. The number of nitrogens with one attached hydrogen (secondary N) is 2. The first-order valence-corrected chi connectivity index (χ1v) is 12.6. The van der Waals surface area contributed by atoms with Crippen molar-refractivity contribution >= 4 is 24.0 Å². The molecule has 0 radical (unpaired) electrons. The number of hydrogen-bond donors (Lipinski definition) is 2. The molecule has 5 atom stereocenters. The van der Waals surface area contributed by atoms with Crippen LogP contribution in [0.4, 0.5) is 4.79 Å². The number of carbonyl (C=O) groups excluding carboxylic acids is 3. The highest BCUT2D eigenvalue weighted by Gasteiger charge is 2.49. The first kappa shape index (κ1) is 28.4. The van der Waals surface area contributed by atoms with Gasteiger partial charge in [0.15, 0.2) is 0 Å². The van der Waals surface area contributed by atoms with E-state index in [1.807, 2.05) is 52.0 Å². The molecule has 35 heavy (non-hydrogen) atoms. The van der Waals surface area contributed by atoms with Gasteiger partial charge in [-0.1, -0.05) is 58.0 Å². The van der Waals surface area contributed by atoms with Gasteiger partial charge >= 0.3 is 6.09 Å². The molecule has 0 spiro atoms. The van der Waals surface area contributed by atoms with Crippen LogP contribution in [0.15, 0.2) is 30.8 Å². The van der Waals surface area contributed by atoms with E-state index in [9.17, 15) is 14.4 Å². The maximum Gasteiger partial charge on any atom is 0.408 e. The van der Waals surface area contributed by atoms with Crippen molar-refractivity contribution in [2.75, 3.05) is 0 Å². The largest absolute Gasteiger partial charge is 0.444 e. The zero-order chi connectivity index (χ0) is 26.5. The van der Waals surface area contributed by atoms with Gasteiger partial charge in [-0.3, -0.25) is 9.59 Å². The second kappa shape index (κ2) is 11.7. The smallest absolute Gasteiger partial charge is 0.408 e. The lowest BCUT2D eigenvalue weighted by Crippen LogP contribution is -2.56. The summed E-state index contributed by atoms with van der Waals surface area (Å²) in [5.74, 6) is -0.406. The summed E-state index contributed by atoms with van der Waals surface area (Å²) in [4.78, 5) is 42.1. The number of alkyl carbamates (subject to hydrolysis) is 1. The summed E-state index contributed by atoms with van der Waals surface area (Å²) in [5, 5.41) is 5.81. The van der Waals surface area contributed by atoms with Crippen molar-refractivity contribution < 1.29 is 19.1 Å². The third-order valence-electron chi connectivity index (χ3n) is 6.25. The monoisotopic (exact) mass is 485 g/mol. The molecule has 1 aromatic carbocycles. The third kappa shape index (κ3) is 7.84. The van der Waals surface area contributed by atoms with E-state index in [1.165, 1.54) is 0 Å². The van der Waals surface area contributed by atoms with E-state index in [0.29, 0.717) is 12.0 Å². The molecule has 7 nitrogen and oxygen atoms in total. The molecule has 2 rings (SSSR count). The molecule has 0 bridgehead atoms. The van der Waals surface area contributed by atoms with E-state index in [4.69, 9.17) is 4.74 Å². The molecular weight excluding hydrogens is 442 g/mol. The Labute approximate surface area is 210 Å². The molecule has 1 aliphatic carbocycles. The third-order valence-corrected chi connectivity index (χ3v) is 6.25. The molecule has 1 fully saturated rings. The summed E-state index contributed by atoms with van der Waals surface area (Å²) in [6.07, 6.45) is 2.56. The van der Waals surface area contributed by atoms with Crippen LogP contribution in [0.25, 0.3) is 6.08 Å². The Morgan fingerprint density at radius 1 is 1.20 bits per heavy atom. The molecule has 1 aliphatic rings. The molecule has 1 aromatic rings. The second-order valence-electron chi connectivity index (χ2n) is 11.0. The number of carbonyl (C=O) groups is 3. The van der Waals surface area contributed by atoms with Gasteiger partial charge < -0.3 is 20.3 Å². The maximum atomic E-state index is 14.2. The summed E-state index contributed by atoms with van der Waals surface area (Å²) < 4.78 is 5.45. The van der Waals surface area contributed by atoms with Gasteiger partial charge in [-0.05, 0) is 70.1 Å². The Kier molecular flexibility index (Phi) is 9.52. The maximum absolute atomic E-state index is 14.2. The number of benzene rings is 1. The van der Waals surface area contributed by atoms with Gasteiger partial charge in [-0.2, -0.15) is 0 Å². The SMILES string of the molecule is C=Cc1cccc(C(C(=O)NC(C)C)N(C(=O)C(NC(=O)OC(C)(C)C)C(C)CC)C2CC2C)c1. The Balaban J connectivity index is 2.54. The molecule has 3 amide bonds. The number of ether oxygens (including phenoxy) is 1. The first-order valence-electron chi connectivity index (χ1n) is 12.6. The molecule has 2 N–H and O–H groups in total. The van der Waals surface area contributed by atoms with Crippen LogP contribution in [0.5, 0.6) is 0 Å². The van der Waals surface area contributed by atoms with E-state index in [-0.39, 0.29) is 35.7 Å². The van der Waals surface area contributed by atoms with Gasteiger partial charge in [0.1, 0.15) is 17.7 Å². The minimum Gasteiger partial charge on any atom is -0.444 e. The highest BCUT2D eigenvalue weighted by molar-refractivity contribution is 5.93. The fraction of sp³-hybridized carbons (Fsp3) is 0.607. The molecule has 1 saturated carbocycles. The van der Waals surface area contributed by atoms with Gasteiger partial charge in [-0.15, -0.1) is 0 Å². The van der Waals surface area contributed by atoms with Gasteiger partial charge in [0.25, 0.3) is 0 Å². The van der Waals surface area contributed by atoms with Gasteiger partial charge in [0.2, 0.25) is 11.8 Å². The van der Waals surface area contributed by atoms with Crippen molar-refractivity contribution in [3.63, 3.8) is 0 Å². The van der Waals surface area contributed by atoms with Crippen molar-refractivity contribution in [2.24, 2.45) is 11.8 Å². The van der Waals surface area contributed by atoms with Gasteiger partial charge in [0.05, 0.1) is 0 Å². The number of rotatable bonds is 10. The van der Waals surface area contributed by atoms with Crippen LogP contribution in [-0.2, 0) is 14.3 Å². The Hall–Kier alpha value is -2.83. The summed E-state index contributed by atoms with van der Waals surface area (Å²) in [6.45, 7) is 19.0. The van der Waals surface area contributed by atoms with Gasteiger partial charge in [0, 0.05) is 12.1 Å². The molecule has 0 aliphatic heterocycles. The second-order valence-corrected chi connectivity index (χ2v) is 11.0. The predicted octanol–water partition coefficient (Wildman–Crippen LogP) is 5.07. The summed E-state index contributed by atoms with van der Waals surface area (Å²) >= 11 is 0. The lowest BCUT2D eigenvalue weighted by molar-refractivity contribution is -0.144. The lowest BCUT2D eigenvalue weighted by Gasteiger charge is -2.37. The van der Waals surface area contributed by atoms with E-state index in [2.05, 4.69) is 24.1 Å². The standard InChI is InChI=1S/C28H43N3O4/c1-10-18(5)23(30-27(34)35-28(7,8)9)26(33)31(22-15-19(22)6)24(25(32)29-17(3)4)21-14-12-13-20(11-2)16-21/h11-14,16-19,22-24H,2,10,15H2,1,3-9H3,(H,29,32)(H,30,34). The molecule has 0 saturated heterocycles. The average Bonchev–Trinajstić information content (AvgIpc) is 3.48. The quantitative estimate of drug-likeness (QED) is 0.484. The fourth-order valence-corrected chi connectivity index (χ4v) is 4.11. The van der Waals surface area contributed by atoms with E-state index < -0.39 is 23.8 Å². The lowest BCUT2D eigenvalue weighted by atomic mass is 9.95. The Morgan fingerprint density at radius 2 is 1.83 bits per heavy atom. The number of amides is 3. The number of nitrogens with zero attached hydrogens (tertiary/aromatic N) is 1. The van der Waals surface area contributed by atoms with Crippen LogP contribution in [0.1, 0.15) is 85.4 Å². The average molecular weight is 486 g/mol. The van der Waals surface area contributed by atoms with Crippen LogP contribution >= 0.6 is 0 Å². The van der Waals surface area contributed by atoms with Crippen LogP contribution < -0.4 is 10.6 Å². The zero-order valence-electron chi connectivity index (χ0n) is 22.6. The van der Waals surface area contributed by atoms with Crippen LogP contribution in [0.3, 0.4) is 0 Å². The van der Waals surface area contributed by atoms with E-state index in [1.54, 1.807) is 31.7 Å². The van der Waals surface area contributed by atoms with E-state index in [0.717, 1.165) is 12.0 Å². The van der Waals surface area contributed by atoms with Crippen molar-refractivity contribution in [3.8, 4) is 0 Å².